The van der Waals surface area contributed by atoms with Crippen molar-refractivity contribution in [1.82, 2.24) is 15.5 Å². The molecule has 1 N–H and O–H groups in total. The maximum absolute atomic E-state index is 12.4. The van der Waals surface area contributed by atoms with Gasteiger partial charge in [-0.05, 0) is 36.8 Å². The van der Waals surface area contributed by atoms with Crippen molar-refractivity contribution in [2.24, 2.45) is 0 Å². The third-order valence-corrected chi connectivity index (χ3v) is 6.06. The van der Waals surface area contributed by atoms with Crippen LogP contribution in [0.1, 0.15) is 29.3 Å². The summed E-state index contributed by atoms with van der Waals surface area (Å²) in [6.07, 6.45) is 0.394. The highest BCUT2D eigenvalue weighted by Gasteiger charge is 2.19. The highest BCUT2D eigenvalue weighted by atomic mass is 35.5. The first-order valence-electron chi connectivity index (χ1n) is 8.94. The van der Waals surface area contributed by atoms with E-state index in [2.05, 4.69) is 15.5 Å². The topological polar surface area (TPSA) is 102 Å². The average Bonchev–Trinajstić information content (AvgIpc) is 3.13. The van der Waals surface area contributed by atoms with Crippen LogP contribution in [0.3, 0.4) is 0 Å². The number of hydrogen-bond acceptors (Lipinski definition) is 6. The first-order valence-corrected chi connectivity index (χ1v) is 11.0. The molecule has 0 spiro atoms. The van der Waals surface area contributed by atoms with Crippen molar-refractivity contribution in [1.29, 1.82) is 0 Å². The number of carbonyl (C=O) groups excluding carboxylic acids is 1. The number of nitrogens with one attached hydrogen (secondary N) is 1. The van der Waals surface area contributed by atoms with E-state index < -0.39 is 15.6 Å². The molecule has 3 aromatic rings. The van der Waals surface area contributed by atoms with Crippen molar-refractivity contribution >= 4 is 27.3 Å². The van der Waals surface area contributed by atoms with Crippen LogP contribution in [0, 0.1) is 6.92 Å². The van der Waals surface area contributed by atoms with Crippen LogP contribution in [0.4, 0.5) is 0 Å². The van der Waals surface area contributed by atoms with E-state index in [9.17, 15) is 13.2 Å². The largest absolute Gasteiger partial charge is 0.352 e. The Bertz CT molecular complexity index is 1080. The highest BCUT2D eigenvalue weighted by Crippen LogP contribution is 2.18. The second-order valence-corrected chi connectivity index (χ2v) is 9.01. The molecule has 152 valence electrons. The molecule has 3 rings (SSSR count). The van der Waals surface area contributed by atoms with Gasteiger partial charge in [-0.15, -0.1) is 0 Å². The van der Waals surface area contributed by atoms with Gasteiger partial charge in [0.2, 0.25) is 11.8 Å². The van der Waals surface area contributed by atoms with Gasteiger partial charge in [-0.3, -0.25) is 4.79 Å². The number of sulfone groups is 1. The number of rotatable bonds is 8. The van der Waals surface area contributed by atoms with Crippen molar-refractivity contribution in [2.45, 2.75) is 37.0 Å². The standard InChI is InChI=1S/C20H20ClN3O4S/c1-14-2-4-15(5-3-14)12-22-19(25)10-11-20-23-18(24-28-20)13-29(26,27)17-8-6-16(21)7-9-17/h2-9H,10-13H2,1H3,(H,22,25). The summed E-state index contributed by atoms with van der Waals surface area (Å²) in [7, 11) is -3.61. The van der Waals surface area contributed by atoms with E-state index in [1.165, 1.54) is 24.3 Å². The van der Waals surface area contributed by atoms with Crippen LogP contribution in [0.15, 0.2) is 57.9 Å². The van der Waals surface area contributed by atoms with E-state index in [-0.39, 0.29) is 35.4 Å². The first-order chi connectivity index (χ1) is 13.8. The molecule has 1 heterocycles. The summed E-state index contributed by atoms with van der Waals surface area (Å²) >= 11 is 5.78. The maximum Gasteiger partial charge on any atom is 0.227 e. The summed E-state index contributed by atoms with van der Waals surface area (Å²) in [4.78, 5) is 16.2. The quantitative estimate of drug-likeness (QED) is 0.585. The minimum absolute atomic E-state index is 0.0509. The Morgan fingerprint density at radius 3 is 2.48 bits per heavy atom. The molecule has 0 atom stereocenters. The predicted octanol–water partition coefficient (Wildman–Crippen LogP) is 3.25. The Hall–Kier alpha value is -2.71. The molecule has 1 aromatic heterocycles. The van der Waals surface area contributed by atoms with E-state index >= 15 is 0 Å². The molecule has 0 unspecified atom stereocenters. The van der Waals surface area contributed by atoms with E-state index in [4.69, 9.17) is 16.1 Å². The number of aryl methyl sites for hydroxylation is 2. The Balaban J connectivity index is 1.50. The van der Waals surface area contributed by atoms with Gasteiger partial charge in [0.05, 0.1) is 4.90 Å². The summed E-state index contributed by atoms with van der Waals surface area (Å²) in [5.74, 6) is -0.275. The molecule has 0 saturated carbocycles. The van der Waals surface area contributed by atoms with Gasteiger partial charge in [0.1, 0.15) is 5.75 Å². The zero-order valence-corrected chi connectivity index (χ0v) is 17.3. The van der Waals surface area contributed by atoms with Crippen molar-refractivity contribution < 1.29 is 17.7 Å². The third-order valence-electron chi connectivity index (χ3n) is 4.18. The Morgan fingerprint density at radius 2 is 1.79 bits per heavy atom. The lowest BCUT2D eigenvalue weighted by Gasteiger charge is -2.04. The normalized spacial score (nSPS) is 11.4. The number of hydrogen-bond donors (Lipinski definition) is 1. The number of nitrogens with zero attached hydrogens (tertiary/aromatic N) is 2. The minimum atomic E-state index is -3.61. The van der Waals surface area contributed by atoms with Gasteiger partial charge in [-0.25, -0.2) is 8.42 Å². The smallest absolute Gasteiger partial charge is 0.227 e. The molecule has 0 fully saturated rings. The third kappa shape index (κ3) is 6.13. The van der Waals surface area contributed by atoms with E-state index in [0.717, 1.165) is 11.1 Å². The number of carbonyl (C=O) groups is 1. The van der Waals surface area contributed by atoms with Crippen LogP contribution in [-0.4, -0.2) is 24.5 Å². The minimum Gasteiger partial charge on any atom is -0.352 e. The fraction of sp³-hybridized carbons (Fsp3) is 0.250. The zero-order chi connectivity index (χ0) is 20.9. The van der Waals surface area contributed by atoms with Crippen LogP contribution in [-0.2, 0) is 33.4 Å². The van der Waals surface area contributed by atoms with Gasteiger partial charge in [-0.1, -0.05) is 46.6 Å². The zero-order valence-electron chi connectivity index (χ0n) is 15.8. The lowest BCUT2D eigenvalue weighted by molar-refractivity contribution is -0.121. The van der Waals surface area contributed by atoms with E-state index in [1.54, 1.807) is 0 Å². The average molecular weight is 434 g/mol. The summed E-state index contributed by atoms with van der Waals surface area (Å²) < 4.78 is 29.9. The highest BCUT2D eigenvalue weighted by molar-refractivity contribution is 7.90. The van der Waals surface area contributed by atoms with Gasteiger partial charge in [0.15, 0.2) is 15.7 Å². The van der Waals surface area contributed by atoms with Crippen LogP contribution < -0.4 is 5.32 Å². The van der Waals surface area contributed by atoms with Gasteiger partial charge in [-0.2, -0.15) is 4.98 Å². The van der Waals surface area contributed by atoms with Crippen LogP contribution in [0.25, 0.3) is 0 Å². The van der Waals surface area contributed by atoms with Crippen molar-refractivity contribution in [3.8, 4) is 0 Å². The fourth-order valence-corrected chi connectivity index (χ4v) is 3.86. The molecule has 29 heavy (non-hydrogen) atoms. The van der Waals surface area contributed by atoms with E-state index in [1.807, 2.05) is 31.2 Å². The fourth-order valence-electron chi connectivity index (χ4n) is 2.56. The number of amides is 1. The lowest BCUT2D eigenvalue weighted by Crippen LogP contribution is -2.23. The molecule has 9 heteroatoms. The van der Waals surface area contributed by atoms with Crippen molar-refractivity contribution in [3.05, 3.63) is 76.4 Å². The first kappa shape index (κ1) is 21.0. The number of benzene rings is 2. The maximum atomic E-state index is 12.4. The van der Waals surface area contributed by atoms with Gasteiger partial charge in [0, 0.05) is 24.4 Å². The summed E-state index contributed by atoms with van der Waals surface area (Å²) in [6, 6.07) is 13.8. The predicted molar refractivity (Wildman–Crippen MR) is 108 cm³/mol. The lowest BCUT2D eigenvalue weighted by atomic mass is 10.1. The summed E-state index contributed by atoms with van der Waals surface area (Å²) in [6.45, 7) is 2.44. The molecule has 2 aromatic carbocycles. The van der Waals surface area contributed by atoms with Gasteiger partial charge in [0.25, 0.3) is 0 Å². The van der Waals surface area contributed by atoms with Gasteiger partial charge >= 0.3 is 0 Å². The monoisotopic (exact) mass is 433 g/mol. The van der Waals surface area contributed by atoms with E-state index in [0.29, 0.717) is 11.6 Å². The molecule has 0 saturated heterocycles. The molecule has 0 aliphatic rings. The molecule has 7 nitrogen and oxygen atoms in total. The summed E-state index contributed by atoms with van der Waals surface area (Å²) in [5, 5.41) is 6.98. The molecule has 0 bridgehead atoms. The summed E-state index contributed by atoms with van der Waals surface area (Å²) in [5.41, 5.74) is 2.17. The van der Waals surface area contributed by atoms with Crippen LogP contribution in [0.5, 0.6) is 0 Å². The molecular weight excluding hydrogens is 414 g/mol. The van der Waals surface area contributed by atoms with Crippen LogP contribution in [0.2, 0.25) is 5.02 Å². The molecular formula is C20H20ClN3O4S. The van der Waals surface area contributed by atoms with Crippen molar-refractivity contribution in [3.63, 3.8) is 0 Å². The Labute approximate surface area is 174 Å². The Kier molecular flexibility index (Phi) is 6.66. The molecule has 0 aliphatic heterocycles. The second-order valence-electron chi connectivity index (χ2n) is 6.58. The molecule has 1 amide bonds. The molecule has 0 aliphatic carbocycles. The Morgan fingerprint density at radius 1 is 1.10 bits per heavy atom. The number of aromatic nitrogens is 2. The van der Waals surface area contributed by atoms with Crippen molar-refractivity contribution in [2.75, 3.05) is 0 Å². The second kappa shape index (κ2) is 9.19. The SMILES string of the molecule is Cc1ccc(CNC(=O)CCc2nc(CS(=O)(=O)c3ccc(Cl)cc3)no2)cc1. The molecule has 0 radical (unpaired) electrons. The van der Waals surface area contributed by atoms with Crippen LogP contribution >= 0.6 is 11.6 Å². The van der Waals surface area contributed by atoms with Gasteiger partial charge < -0.3 is 9.84 Å². The number of halogens is 1.